The van der Waals surface area contributed by atoms with Crippen molar-refractivity contribution in [2.45, 2.75) is 24.9 Å². The summed E-state index contributed by atoms with van der Waals surface area (Å²) in [6.45, 7) is 1.53. The van der Waals surface area contributed by atoms with Gasteiger partial charge in [0.2, 0.25) is 10.0 Å². The van der Waals surface area contributed by atoms with Crippen molar-refractivity contribution in [2.24, 2.45) is 0 Å². The molecule has 0 saturated carbocycles. The largest absolute Gasteiger partial charge is 0.468 e. The van der Waals surface area contributed by atoms with E-state index in [4.69, 9.17) is 8.60 Å². The lowest BCUT2D eigenvalue weighted by Gasteiger charge is -2.21. The van der Waals surface area contributed by atoms with Crippen LogP contribution in [0.4, 0.5) is 0 Å². The summed E-state index contributed by atoms with van der Waals surface area (Å²) in [5, 5.41) is 0. The highest BCUT2D eigenvalue weighted by Crippen LogP contribution is 2.23. The van der Waals surface area contributed by atoms with Crippen molar-refractivity contribution in [1.82, 2.24) is 4.31 Å². The number of rotatable bonds is 9. The monoisotopic (exact) mass is 435 g/mol. The van der Waals surface area contributed by atoms with Crippen LogP contribution in [0.25, 0.3) is 0 Å². The third-order valence-corrected chi connectivity index (χ3v) is 7.09. The molecule has 2 aromatic carbocycles. The molecule has 0 aliphatic rings. The van der Waals surface area contributed by atoms with Crippen LogP contribution >= 0.6 is 0 Å². The molecule has 0 amide bonds. The maximum Gasteiger partial charge on any atom is 0.308 e. The van der Waals surface area contributed by atoms with Gasteiger partial charge in [-0.25, -0.2) is 8.42 Å². The predicted molar refractivity (Wildman–Crippen MR) is 108 cm³/mol. The minimum Gasteiger partial charge on any atom is -0.468 e. The molecule has 0 atom stereocenters. The molecule has 29 heavy (non-hydrogen) atoms. The van der Waals surface area contributed by atoms with Gasteiger partial charge >= 0.3 is 10.1 Å². The van der Waals surface area contributed by atoms with Crippen molar-refractivity contribution in [1.29, 1.82) is 0 Å². The highest BCUT2D eigenvalue weighted by molar-refractivity contribution is 7.89. The van der Waals surface area contributed by atoms with Crippen LogP contribution in [-0.4, -0.2) is 26.9 Å². The van der Waals surface area contributed by atoms with Gasteiger partial charge in [0.1, 0.15) is 11.5 Å². The predicted octanol–water partition coefficient (Wildman–Crippen LogP) is 3.40. The van der Waals surface area contributed by atoms with Crippen LogP contribution in [0.1, 0.15) is 18.2 Å². The van der Waals surface area contributed by atoms with E-state index in [0.717, 1.165) is 0 Å². The molecular formula is C20H21NO6S2. The van der Waals surface area contributed by atoms with Crippen LogP contribution in [0.5, 0.6) is 5.75 Å². The minimum absolute atomic E-state index is 0.0152. The SMILES string of the molecule is CCS(=O)(=O)Oc1cccc(CN(Cc2ccco2)S(=O)(=O)c2ccccc2)c1. The van der Waals surface area contributed by atoms with Gasteiger partial charge in [-0.2, -0.15) is 12.7 Å². The maximum atomic E-state index is 13.2. The second kappa shape index (κ2) is 8.81. The van der Waals surface area contributed by atoms with E-state index in [1.807, 2.05) is 0 Å². The Bertz CT molecular complexity index is 1140. The van der Waals surface area contributed by atoms with Gasteiger partial charge in [-0.15, -0.1) is 0 Å². The van der Waals surface area contributed by atoms with Crippen LogP contribution < -0.4 is 4.18 Å². The number of nitrogens with zero attached hydrogens (tertiary/aromatic N) is 1. The van der Waals surface area contributed by atoms with Crippen LogP contribution in [0, 0.1) is 0 Å². The van der Waals surface area contributed by atoms with Crippen molar-refractivity contribution in [2.75, 3.05) is 5.75 Å². The first-order valence-corrected chi connectivity index (χ1v) is 11.9. The molecule has 0 bridgehead atoms. The van der Waals surface area contributed by atoms with Crippen molar-refractivity contribution in [3.05, 3.63) is 84.3 Å². The first-order chi connectivity index (χ1) is 13.8. The van der Waals surface area contributed by atoms with Gasteiger partial charge in [-0.3, -0.25) is 0 Å². The first-order valence-electron chi connectivity index (χ1n) is 8.89. The van der Waals surface area contributed by atoms with Gasteiger partial charge in [-0.1, -0.05) is 30.3 Å². The first kappa shape index (κ1) is 21.1. The van der Waals surface area contributed by atoms with Crippen LogP contribution in [0.3, 0.4) is 0 Å². The molecular weight excluding hydrogens is 414 g/mol. The molecule has 0 fully saturated rings. The summed E-state index contributed by atoms with van der Waals surface area (Å²) in [5.74, 6) is 0.467. The number of furan rings is 1. The second-order valence-electron chi connectivity index (χ2n) is 6.24. The van der Waals surface area contributed by atoms with Crippen molar-refractivity contribution in [3.63, 3.8) is 0 Å². The number of benzene rings is 2. The van der Waals surface area contributed by atoms with Crippen LogP contribution in [-0.2, 0) is 33.2 Å². The Morgan fingerprint density at radius 2 is 1.66 bits per heavy atom. The Hall–Kier alpha value is -2.62. The highest BCUT2D eigenvalue weighted by atomic mass is 32.2. The molecule has 0 N–H and O–H groups in total. The van der Waals surface area contributed by atoms with Crippen molar-refractivity contribution < 1.29 is 25.4 Å². The molecule has 9 heteroatoms. The summed E-state index contributed by atoms with van der Waals surface area (Å²) in [6, 6.07) is 17.8. The average molecular weight is 436 g/mol. The maximum absolute atomic E-state index is 13.2. The van der Waals surface area contributed by atoms with E-state index in [1.54, 1.807) is 42.5 Å². The van der Waals surface area contributed by atoms with Crippen molar-refractivity contribution in [3.8, 4) is 5.75 Å². The molecule has 0 saturated heterocycles. The number of hydrogen-bond acceptors (Lipinski definition) is 6. The Balaban J connectivity index is 1.92. The smallest absolute Gasteiger partial charge is 0.308 e. The van der Waals surface area contributed by atoms with E-state index in [9.17, 15) is 16.8 Å². The van der Waals surface area contributed by atoms with Crippen LogP contribution in [0.2, 0.25) is 0 Å². The van der Waals surface area contributed by atoms with E-state index in [0.29, 0.717) is 11.3 Å². The summed E-state index contributed by atoms with van der Waals surface area (Å²) in [7, 11) is -7.49. The summed E-state index contributed by atoms with van der Waals surface area (Å²) in [5.41, 5.74) is 0.583. The molecule has 0 spiro atoms. The fourth-order valence-electron chi connectivity index (χ4n) is 2.65. The fourth-order valence-corrected chi connectivity index (χ4v) is 4.58. The summed E-state index contributed by atoms with van der Waals surface area (Å²) >= 11 is 0. The molecule has 7 nitrogen and oxygen atoms in total. The molecule has 3 aromatic rings. The summed E-state index contributed by atoms with van der Waals surface area (Å²) < 4.78 is 61.4. The third kappa shape index (κ3) is 5.47. The lowest BCUT2D eigenvalue weighted by Crippen LogP contribution is -2.30. The Morgan fingerprint density at radius 1 is 0.897 bits per heavy atom. The van der Waals surface area contributed by atoms with E-state index in [-0.39, 0.29) is 29.5 Å². The van der Waals surface area contributed by atoms with Gasteiger partial charge in [0.05, 0.1) is 23.5 Å². The molecule has 0 unspecified atom stereocenters. The lowest BCUT2D eigenvalue weighted by atomic mass is 10.2. The highest BCUT2D eigenvalue weighted by Gasteiger charge is 2.26. The second-order valence-corrected chi connectivity index (χ2v) is 10.0. The molecule has 0 aliphatic carbocycles. The fraction of sp³-hybridized carbons (Fsp3) is 0.200. The van der Waals surface area contributed by atoms with E-state index in [1.165, 1.54) is 41.8 Å². The molecule has 1 aromatic heterocycles. The van der Waals surface area contributed by atoms with E-state index in [2.05, 4.69) is 0 Å². The summed E-state index contributed by atoms with van der Waals surface area (Å²) in [6.07, 6.45) is 1.48. The molecule has 154 valence electrons. The zero-order valence-corrected chi connectivity index (χ0v) is 17.4. The normalized spacial score (nSPS) is 12.2. The Kier molecular flexibility index (Phi) is 6.41. The zero-order chi connectivity index (χ0) is 20.9. The Labute approximate surface area is 170 Å². The van der Waals surface area contributed by atoms with Gasteiger partial charge < -0.3 is 8.60 Å². The Morgan fingerprint density at radius 3 is 2.31 bits per heavy atom. The van der Waals surface area contributed by atoms with Gasteiger partial charge in [0.25, 0.3) is 0 Å². The van der Waals surface area contributed by atoms with E-state index >= 15 is 0 Å². The van der Waals surface area contributed by atoms with Crippen molar-refractivity contribution >= 4 is 20.1 Å². The quantitative estimate of drug-likeness (QED) is 0.478. The molecule has 0 aliphatic heterocycles. The molecule has 3 rings (SSSR count). The van der Waals surface area contributed by atoms with Crippen LogP contribution in [0.15, 0.2) is 82.3 Å². The van der Waals surface area contributed by atoms with Gasteiger partial charge in [0, 0.05) is 6.54 Å². The lowest BCUT2D eigenvalue weighted by molar-refractivity contribution is 0.358. The topological polar surface area (TPSA) is 93.9 Å². The number of sulfonamides is 1. The standard InChI is InChI=1S/C20H21NO6S2/c1-2-28(22,23)27-18-9-6-8-17(14-18)15-21(16-19-10-7-13-26-19)29(24,25)20-11-4-3-5-12-20/h3-14H,2,15-16H2,1H3. The molecule has 0 radical (unpaired) electrons. The van der Waals surface area contributed by atoms with Gasteiger partial charge in [0.15, 0.2) is 0 Å². The zero-order valence-electron chi connectivity index (χ0n) is 15.8. The van der Waals surface area contributed by atoms with Gasteiger partial charge in [-0.05, 0) is 48.9 Å². The third-order valence-electron chi connectivity index (χ3n) is 4.13. The minimum atomic E-state index is -3.81. The molecule has 1 heterocycles. The average Bonchev–Trinajstić information content (AvgIpc) is 3.21. The summed E-state index contributed by atoms with van der Waals surface area (Å²) in [4.78, 5) is 0.160. The number of hydrogen-bond donors (Lipinski definition) is 0. The van der Waals surface area contributed by atoms with E-state index < -0.39 is 20.1 Å².